The summed E-state index contributed by atoms with van der Waals surface area (Å²) in [4.78, 5) is 0. The van der Waals surface area contributed by atoms with Crippen molar-refractivity contribution in [2.45, 2.75) is 24.5 Å². The van der Waals surface area contributed by atoms with Gasteiger partial charge in [0.25, 0.3) is 0 Å². The van der Waals surface area contributed by atoms with Crippen LogP contribution in [-0.2, 0) is 15.5 Å². The third kappa shape index (κ3) is 4.84. The predicted molar refractivity (Wildman–Crippen MR) is 77.8 cm³/mol. The summed E-state index contributed by atoms with van der Waals surface area (Å²) in [5.41, 5.74) is 6.37. The zero-order chi connectivity index (χ0) is 13.5. The highest BCUT2D eigenvalue weighted by Gasteiger charge is 2.19. The first-order chi connectivity index (χ1) is 9.25. The summed E-state index contributed by atoms with van der Waals surface area (Å²) < 4.78 is 22.9. The van der Waals surface area contributed by atoms with Crippen LogP contribution in [-0.4, -0.2) is 35.0 Å². The third-order valence-corrected chi connectivity index (χ3v) is 5.06. The highest BCUT2D eigenvalue weighted by atomic mass is 32.2. The molecule has 1 fully saturated rings. The van der Waals surface area contributed by atoms with E-state index in [-0.39, 0.29) is 0 Å². The lowest BCUT2D eigenvalue weighted by molar-refractivity contribution is 0.0992. The number of benzene rings is 1. The van der Waals surface area contributed by atoms with Gasteiger partial charge in [-0.05, 0) is 31.4 Å². The standard InChI is InChI=1S/C14H21NO3S/c15-12-3-1-4-13(11-12)18-7-2-10-19(16)14-5-8-17-9-6-14/h1,3-4,11,14H,2,5-10,15H2. The average molecular weight is 283 g/mol. The Hall–Kier alpha value is -1.07. The van der Waals surface area contributed by atoms with Crippen LogP contribution >= 0.6 is 0 Å². The van der Waals surface area contributed by atoms with Crippen LogP contribution in [0.4, 0.5) is 5.69 Å². The van der Waals surface area contributed by atoms with Crippen molar-refractivity contribution in [1.29, 1.82) is 0 Å². The van der Waals surface area contributed by atoms with Gasteiger partial charge in [0.15, 0.2) is 0 Å². The van der Waals surface area contributed by atoms with E-state index in [1.165, 1.54) is 0 Å². The summed E-state index contributed by atoms with van der Waals surface area (Å²) in [6.45, 7) is 2.07. The van der Waals surface area contributed by atoms with Gasteiger partial charge >= 0.3 is 0 Å². The van der Waals surface area contributed by atoms with Gasteiger partial charge in [0, 0.05) is 46.8 Å². The van der Waals surface area contributed by atoms with E-state index in [2.05, 4.69) is 0 Å². The Kier molecular flexibility index (Phi) is 5.66. The van der Waals surface area contributed by atoms with Gasteiger partial charge in [-0.25, -0.2) is 0 Å². The maximum Gasteiger partial charge on any atom is 0.121 e. The zero-order valence-electron chi connectivity index (χ0n) is 11.0. The van der Waals surface area contributed by atoms with Crippen LogP contribution in [0.25, 0.3) is 0 Å². The number of anilines is 1. The van der Waals surface area contributed by atoms with Gasteiger partial charge in [-0.15, -0.1) is 0 Å². The van der Waals surface area contributed by atoms with Gasteiger partial charge < -0.3 is 15.2 Å². The molecular formula is C14H21NO3S. The van der Waals surface area contributed by atoms with Crippen molar-refractivity contribution >= 4 is 16.5 Å². The molecule has 0 radical (unpaired) electrons. The topological polar surface area (TPSA) is 61.5 Å². The molecular weight excluding hydrogens is 262 g/mol. The largest absolute Gasteiger partial charge is 0.493 e. The fourth-order valence-corrected chi connectivity index (χ4v) is 3.55. The normalized spacial score (nSPS) is 18.1. The molecule has 1 aliphatic heterocycles. The lowest BCUT2D eigenvalue weighted by Gasteiger charge is -2.21. The molecule has 0 aliphatic carbocycles. The Bertz CT molecular complexity index is 419. The van der Waals surface area contributed by atoms with Crippen LogP contribution in [0.1, 0.15) is 19.3 Å². The second-order valence-corrected chi connectivity index (χ2v) is 6.51. The van der Waals surface area contributed by atoms with E-state index in [0.29, 0.717) is 23.3 Å². The van der Waals surface area contributed by atoms with Gasteiger partial charge in [0.05, 0.1) is 6.61 Å². The molecule has 19 heavy (non-hydrogen) atoms. The molecule has 1 aromatic rings. The predicted octanol–water partition coefficient (Wildman–Crippen LogP) is 1.97. The molecule has 1 unspecified atom stereocenters. The van der Waals surface area contributed by atoms with E-state index in [1.54, 1.807) is 6.07 Å². The molecule has 0 amide bonds. The molecule has 0 spiro atoms. The summed E-state index contributed by atoms with van der Waals surface area (Å²) in [6, 6.07) is 7.37. The molecule has 0 aromatic heterocycles. The molecule has 1 saturated heterocycles. The molecule has 4 nitrogen and oxygen atoms in total. The number of hydrogen-bond acceptors (Lipinski definition) is 4. The quantitative estimate of drug-likeness (QED) is 0.640. The first-order valence-electron chi connectivity index (χ1n) is 6.69. The Morgan fingerprint density at radius 3 is 2.89 bits per heavy atom. The van der Waals surface area contributed by atoms with Crippen molar-refractivity contribution in [2.24, 2.45) is 0 Å². The van der Waals surface area contributed by atoms with Crippen LogP contribution in [0, 0.1) is 0 Å². The van der Waals surface area contributed by atoms with Crippen molar-refractivity contribution < 1.29 is 13.7 Å². The van der Waals surface area contributed by atoms with Gasteiger partial charge in [0.1, 0.15) is 5.75 Å². The summed E-state index contributed by atoms with van der Waals surface area (Å²) >= 11 is 0. The minimum Gasteiger partial charge on any atom is -0.493 e. The van der Waals surface area contributed by atoms with Crippen molar-refractivity contribution in [1.82, 2.24) is 0 Å². The van der Waals surface area contributed by atoms with Gasteiger partial charge in [-0.1, -0.05) is 6.07 Å². The third-order valence-electron chi connectivity index (χ3n) is 3.16. The summed E-state index contributed by atoms with van der Waals surface area (Å²) in [5.74, 6) is 1.48. The number of ether oxygens (including phenoxy) is 2. The van der Waals surface area contributed by atoms with E-state index >= 15 is 0 Å². The second-order valence-electron chi connectivity index (χ2n) is 4.67. The highest BCUT2D eigenvalue weighted by Crippen LogP contribution is 2.16. The first-order valence-corrected chi connectivity index (χ1v) is 8.07. The van der Waals surface area contributed by atoms with E-state index in [9.17, 15) is 4.21 Å². The molecule has 1 aliphatic rings. The van der Waals surface area contributed by atoms with Crippen molar-refractivity contribution in [2.75, 3.05) is 31.3 Å². The lowest BCUT2D eigenvalue weighted by atomic mass is 10.2. The Labute approximate surface area is 116 Å². The van der Waals surface area contributed by atoms with Crippen LogP contribution in [0.15, 0.2) is 24.3 Å². The molecule has 0 saturated carbocycles. The van der Waals surface area contributed by atoms with Crippen LogP contribution in [0.2, 0.25) is 0 Å². The maximum atomic E-state index is 12.0. The van der Waals surface area contributed by atoms with Crippen LogP contribution < -0.4 is 10.5 Å². The van der Waals surface area contributed by atoms with Crippen molar-refractivity contribution in [3.8, 4) is 5.75 Å². The monoisotopic (exact) mass is 283 g/mol. The Morgan fingerprint density at radius 2 is 2.16 bits per heavy atom. The summed E-state index contributed by atoms with van der Waals surface area (Å²) in [6.07, 6.45) is 2.64. The van der Waals surface area contributed by atoms with E-state index < -0.39 is 10.8 Å². The Morgan fingerprint density at radius 1 is 1.37 bits per heavy atom. The minimum absolute atomic E-state index is 0.307. The highest BCUT2D eigenvalue weighted by molar-refractivity contribution is 7.85. The van der Waals surface area contributed by atoms with E-state index in [4.69, 9.17) is 15.2 Å². The molecule has 1 atom stereocenters. The van der Waals surface area contributed by atoms with E-state index in [1.807, 2.05) is 18.2 Å². The average Bonchev–Trinajstić information content (AvgIpc) is 2.44. The zero-order valence-corrected chi connectivity index (χ0v) is 11.9. The van der Waals surface area contributed by atoms with Crippen LogP contribution in [0.3, 0.4) is 0 Å². The fourth-order valence-electron chi connectivity index (χ4n) is 2.10. The number of rotatable bonds is 6. The maximum absolute atomic E-state index is 12.0. The van der Waals surface area contributed by atoms with Crippen molar-refractivity contribution in [3.63, 3.8) is 0 Å². The molecule has 2 N–H and O–H groups in total. The number of hydrogen-bond donors (Lipinski definition) is 1. The summed E-state index contributed by atoms with van der Waals surface area (Å²) in [5, 5.41) is 0.307. The van der Waals surface area contributed by atoms with Gasteiger partial charge in [-0.3, -0.25) is 4.21 Å². The van der Waals surface area contributed by atoms with Gasteiger partial charge in [-0.2, -0.15) is 0 Å². The lowest BCUT2D eigenvalue weighted by Crippen LogP contribution is -2.26. The van der Waals surface area contributed by atoms with Crippen molar-refractivity contribution in [3.05, 3.63) is 24.3 Å². The summed E-state index contributed by atoms with van der Waals surface area (Å²) in [7, 11) is -0.753. The number of nitrogens with two attached hydrogens (primary N) is 1. The first kappa shape index (κ1) is 14.3. The minimum atomic E-state index is -0.753. The molecule has 1 heterocycles. The van der Waals surface area contributed by atoms with E-state index in [0.717, 1.165) is 38.2 Å². The Balaban J connectivity index is 1.65. The smallest absolute Gasteiger partial charge is 0.121 e. The number of nitrogen functional groups attached to an aromatic ring is 1. The SMILES string of the molecule is Nc1cccc(OCCCS(=O)C2CCOCC2)c1. The molecule has 0 bridgehead atoms. The fraction of sp³-hybridized carbons (Fsp3) is 0.571. The molecule has 2 rings (SSSR count). The molecule has 1 aromatic carbocycles. The second kappa shape index (κ2) is 7.50. The molecule has 5 heteroatoms. The van der Waals surface area contributed by atoms with Gasteiger partial charge in [0.2, 0.25) is 0 Å². The van der Waals surface area contributed by atoms with Crippen LogP contribution in [0.5, 0.6) is 5.75 Å². The molecule has 106 valence electrons.